The van der Waals surface area contributed by atoms with Crippen molar-refractivity contribution in [3.63, 3.8) is 0 Å². The van der Waals surface area contributed by atoms with E-state index in [1.54, 1.807) is 12.3 Å². The number of H-pyrrole nitrogens is 1. The Morgan fingerprint density at radius 1 is 1.23 bits per heavy atom. The van der Waals surface area contributed by atoms with Gasteiger partial charge >= 0.3 is 0 Å². The maximum absolute atomic E-state index is 12.1. The Labute approximate surface area is 129 Å². The third-order valence-electron chi connectivity index (χ3n) is 4.97. The molecule has 6 nitrogen and oxygen atoms in total. The van der Waals surface area contributed by atoms with Gasteiger partial charge in [-0.05, 0) is 45.3 Å². The normalized spacial score (nSPS) is 23.7. The van der Waals surface area contributed by atoms with E-state index in [1.165, 1.54) is 49.8 Å². The summed E-state index contributed by atoms with van der Waals surface area (Å²) in [6, 6.07) is 4.12. The van der Waals surface area contributed by atoms with Gasteiger partial charge in [-0.25, -0.2) is 9.50 Å². The molecule has 0 aromatic carbocycles. The van der Waals surface area contributed by atoms with Crippen LogP contribution in [0.5, 0.6) is 0 Å². The van der Waals surface area contributed by atoms with Gasteiger partial charge in [0.1, 0.15) is 0 Å². The van der Waals surface area contributed by atoms with Crippen LogP contribution < -0.4 is 5.56 Å². The summed E-state index contributed by atoms with van der Waals surface area (Å²) in [6.07, 6.45) is 6.95. The van der Waals surface area contributed by atoms with Crippen molar-refractivity contribution in [2.45, 2.75) is 38.3 Å². The van der Waals surface area contributed by atoms with Gasteiger partial charge in [-0.1, -0.05) is 0 Å². The Bertz CT molecular complexity index is 700. The van der Waals surface area contributed by atoms with Gasteiger partial charge in [-0.3, -0.25) is 14.8 Å². The first-order chi connectivity index (χ1) is 10.8. The molecule has 2 aliphatic rings. The fourth-order valence-corrected chi connectivity index (χ4v) is 3.84. The topological polar surface area (TPSA) is 56.6 Å². The molecule has 0 amide bonds. The van der Waals surface area contributed by atoms with Gasteiger partial charge in [0, 0.05) is 37.5 Å². The van der Waals surface area contributed by atoms with Crippen molar-refractivity contribution >= 4 is 5.65 Å². The van der Waals surface area contributed by atoms with Crippen LogP contribution in [0, 0.1) is 0 Å². The summed E-state index contributed by atoms with van der Waals surface area (Å²) in [7, 11) is 0. The lowest BCUT2D eigenvalue weighted by molar-refractivity contribution is 0.184. The van der Waals surface area contributed by atoms with E-state index in [4.69, 9.17) is 0 Å². The van der Waals surface area contributed by atoms with Crippen molar-refractivity contribution in [1.29, 1.82) is 0 Å². The molecule has 1 atom stereocenters. The highest BCUT2D eigenvalue weighted by atomic mass is 16.1. The largest absolute Gasteiger partial charge is 0.302 e. The molecule has 4 rings (SSSR count). The second-order valence-electron chi connectivity index (χ2n) is 6.52. The summed E-state index contributed by atoms with van der Waals surface area (Å²) in [5.74, 6) is 0. The summed E-state index contributed by atoms with van der Waals surface area (Å²) < 4.78 is 1.48. The van der Waals surface area contributed by atoms with Gasteiger partial charge in [-0.15, -0.1) is 0 Å². The van der Waals surface area contributed by atoms with Crippen molar-refractivity contribution in [1.82, 2.24) is 24.4 Å². The van der Waals surface area contributed by atoms with Crippen molar-refractivity contribution in [2.24, 2.45) is 0 Å². The first-order valence-electron chi connectivity index (χ1n) is 8.32. The molecule has 2 aromatic heterocycles. The molecule has 0 aliphatic carbocycles. The average molecular weight is 301 g/mol. The van der Waals surface area contributed by atoms with E-state index in [-0.39, 0.29) is 5.56 Å². The highest BCUT2D eigenvalue weighted by Gasteiger charge is 2.27. The number of aromatic nitrogens is 3. The van der Waals surface area contributed by atoms with E-state index in [1.807, 2.05) is 6.07 Å². The molecule has 2 saturated heterocycles. The Morgan fingerprint density at radius 3 is 2.95 bits per heavy atom. The van der Waals surface area contributed by atoms with E-state index in [2.05, 4.69) is 19.9 Å². The molecule has 22 heavy (non-hydrogen) atoms. The van der Waals surface area contributed by atoms with E-state index in [0.29, 0.717) is 11.7 Å². The number of hydrogen-bond donors (Lipinski definition) is 1. The zero-order valence-electron chi connectivity index (χ0n) is 12.9. The second-order valence-corrected chi connectivity index (χ2v) is 6.52. The molecule has 6 heteroatoms. The third kappa shape index (κ3) is 2.68. The number of fused-ring (bicyclic) bond motifs is 1. The minimum atomic E-state index is -0.0275. The van der Waals surface area contributed by atoms with Gasteiger partial charge < -0.3 is 4.90 Å². The van der Waals surface area contributed by atoms with Gasteiger partial charge in [-0.2, -0.15) is 0 Å². The molecule has 0 spiro atoms. The highest BCUT2D eigenvalue weighted by Crippen LogP contribution is 2.21. The predicted octanol–water partition coefficient (Wildman–Crippen LogP) is 1.08. The number of hydrogen-bond acceptors (Lipinski definition) is 4. The van der Waals surface area contributed by atoms with Crippen molar-refractivity contribution < 1.29 is 0 Å². The van der Waals surface area contributed by atoms with Crippen LogP contribution in [0.15, 0.2) is 23.1 Å². The standard InChI is InChI=1S/C16H23N5O/c22-16-10-13(18-15-5-6-17-21(15)16)11-20-9-3-4-14(20)12-19-7-1-2-8-19/h5-6,10,14,17H,1-4,7-9,11-12H2. The third-order valence-corrected chi connectivity index (χ3v) is 4.97. The lowest BCUT2D eigenvalue weighted by Gasteiger charge is -2.28. The van der Waals surface area contributed by atoms with E-state index >= 15 is 0 Å². The highest BCUT2D eigenvalue weighted by molar-refractivity contribution is 5.36. The lowest BCUT2D eigenvalue weighted by Crippen LogP contribution is -2.39. The monoisotopic (exact) mass is 301 g/mol. The van der Waals surface area contributed by atoms with Gasteiger partial charge in [0.15, 0.2) is 5.65 Å². The van der Waals surface area contributed by atoms with E-state index in [9.17, 15) is 4.79 Å². The number of nitrogens with one attached hydrogen (secondary N) is 1. The van der Waals surface area contributed by atoms with Crippen LogP contribution in [0.25, 0.3) is 5.65 Å². The average Bonchev–Trinajstić information content (AvgIpc) is 3.22. The zero-order chi connectivity index (χ0) is 14.9. The Hall–Kier alpha value is -1.66. The van der Waals surface area contributed by atoms with Crippen molar-refractivity contribution in [3.8, 4) is 0 Å². The van der Waals surface area contributed by atoms with Crippen LogP contribution in [0.3, 0.4) is 0 Å². The van der Waals surface area contributed by atoms with Crippen LogP contribution >= 0.6 is 0 Å². The molecule has 4 heterocycles. The Kier molecular flexibility index (Phi) is 3.72. The first-order valence-corrected chi connectivity index (χ1v) is 8.32. The number of nitrogens with zero attached hydrogens (tertiary/aromatic N) is 4. The second kappa shape index (κ2) is 5.85. The fraction of sp³-hybridized carbons (Fsp3) is 0.625. The maximum atomic E-state index is 12.1. The van der Waals surface area contributed by atoms with Crippen LogP contribution in [0.4, 0.5) is 0 Å². The summed E-state index contributed by atoms with van der Waals surface area (Å²) in [4.78, 5) is 21.7. The smallest absolute Gasteiger partial charge is 0.272 e. The molecule has 0 bridgehead atoms. The first kappa shape index (κ1) is 14.0. The maximum Gasteiger partial charge on any atom is 0.272 e. The summed E-state index contributed by atoms with van der Waals surface area (Å²) in [5, 5.41) is 2.89. The minimum Gasteiger partial charge on any atom is -0.302 e. The molecule has 2 aliphatic heterocycles. The Balaban J connectivity index is 1.49. The fourth-order valence-electron chi connectivity index (χ4n) is 3.84. The quantitative estimate of drug-likeness (QED) is 0.918. The minimum absolute atomic E-state index is 0.0275. The Morgan fingerprint density at radius 2 is 2.09 bits per heavy atom. The predicted molar refractivity (Wildman–Crippen MR) is 84.9 cm³/mol. The molecule has 0 saturated carbocycles. The zero-order valence-corrected chi connectivity index (χ0v) is 12.9. The molecule has 2 fully saturated rings. The summed E-state index contributed by atoms with van der Waals surface area (Å²) >= 11 is 0. The summed E-state index contributed by atoms with van der Waals surface area (Å²) in [6.45, 7) is 5.58. The number of rotatable bonds is 4. The molecule has 1 unspecified atom stereocenters. The molecular weight excluding hydrogens is 278 g/mol. The van der Waals surface area contributed by atoms with Crippen LogP contribution in [-0.2, 0) is 6.54 Å². The SMILES string of the molecule is O=c1cc(CN2CCCC2CN2CCCC2)nc2cc[nH]n12. The number of likely N-dealkylation sites (tertiary alicyclic amines) is 2. The molecule has 0 radical (unpaired) electrons. The number of aromatic amines is 1. The summed E-state index contributed by atoms with van der Waals surface area (Å²) in [5.41, 5.74) is 1.57. The van der Waals surface area contributed by atoms with Crippen molar-refractivity contribution in [3.05, 3.63) is 34.4 Å². The molecule has 118 valence electrons. The van der Waals surface area contributed by atoms with Crippen LogP contribution in [-0.4, -0.2) is 56.6 Å². The molecule has 2 aromatic rings. The van der Waals surface area contributed by atoms with Gasteiger partial charge in [0.25, 0.3) is 5.56 Å². The van der Waals surface area contributed by atoms with Crippen molar-refractivity contribution in [2.75, 3.05) is 26.2 Å². The molecule has 1 N–H and O–H groups in total. The van der Waals surface area contributed by atoms with E-state index in [0.717, 1.165) is 18.8 Å². The molecular formula is C16H23N5O. The van der Waals surface area contributed by atoms with Crippen LogP contribution in [0.1, 0.15) is 31.4 Å². The van der Waals surface area contributed by atoms with Crippen LogP contribution in [0.2, 0.25) is 0 Å². The van der Waals surface area contributed by atoms with Gasteiger partial charge in [0.2, 0.25) is 0 Å². The lowest BCUT2D eigenvalue weighted by atomic mass is 10.2. The van der Waals surface area contributed by atoms with E-state index < -0.39 is 0 Å². The van der Waals surface area contributed by atoms with Gasteiger partial charge in [0.05, 0.1) is 5.69 Å².